The largest absolute Gasteiger partial charge is 0.276 e. The summed E-state index contributed by atoms with van der Waals surface area (Å²) in [7, 11) is 0. The lowest BCUT2D eigenvalue weighted by molar-refractivity contribution is -0.394. The predicted octanol–water partition coefficient (Wildman–Crippen LogP) is 3.95. The summed E-state index contributed by atoms with van der Waals surface area (Å²) in [5.74, 6) is 0. The van der Waals surface area contributed by atoms with Gasteiger partial charge in [-0.1, -0.05) is 34.1 Å². The molecule has 0 amide bonds. The lowest BCUT2D eigenvalue weighted by Gasteiger charge is -1.90. The maximum atomic E-state index is 10.2. The number of benzene rings is 2. The van der Waals surface area contributed by atoms with Crippen molar-refractivity contribution < 1.29 is 9.85 Å². The van der Waals surface area contributed by atoms with E-state index in [1.54, 1.807) is 0 Å². The summed E-state index contributed by atoms with van der Waals surface area (Å²) < 4.78 is 1.13. The van der Waals surface area contributed by atoms with Gasteiger partial charge in [0.25, 0.3) is 11.4 Å². The molecule has 2 aromatic carbocycles. The first-order valence-corrected chi connectivity index (χ1v) is 5.89. The fraction of sp³-hybridized carbons (Fsp3) is 0. The van der Waals surface area contributed by atoms with Gasteiger partial charge in [0.05, 0.1) is 15.9 Å². The van der Waals surface area contributed by atoms with Crippen molar-refractivity contribution >= 4 is 27.3 Å². The van der Waals surface area contributed by atoms with Gasteiger partial charge in [-0.05, 0) is 18.2 Å². The van der Waals surface area contributed by atoms with Crippen LogP contribution in [0.4, 0.5) is 11.4 Å². The number of halogens is 1. The van der Waals surface area contributed by atoms with E-state index < -0.39 is 9.85 Å². The summed E-state index contributed by atoms with van der Waals surface area (Å²) in [6, 6.07) is 14.6. The number of nitrogens with zero attached hydrogens (tertiary/aromatic N) is 2. The number of hydrogen-bond acceptors (Lipinski definition) is 4. The Hall–Kier alpha value is -2.28. The molecule has 0 heterocycles. The zero-order chi connectivity index (χ0) is 14.3. The molecule has 7 heteroatoms. The minimum Gasteiger partial charge on any atom is -0.258 e. The second kappa shape index (κ2) is 7.22. The van der Waals surface area contributed by atoms with Crippen molar-refractivity contribution in [1.29, 1.82) is 0 Å². The fourth-order valence-corrected chi connectivity index (χ4v) is 1.44. The second-order valence-corrected chi connectivity index (χ2v) is 4.25. The molecule has 0 bridgehead atoms. The van der Waals surface area contributed by atoms with E-state index in [9.17, 15) is 20.2 Å². The van der Waals surface area contributed by atoms with Crippen LogP contribution in [0.2, 0.25) is 0 Å². The van der Waals surface area contributed by atoms with E-state index in [2.05, 4.69) is 15.9 Å². The summed E-state index contributed by atoms with van der Waals surface area (Å²) in [6.07, 6.45) is 0. The van der Waals surface area contributed by atoms with Crippen molar-refractivity contribution in [3.8, 4) is 0 Å². The summed E-state index contributed by atoms with van der Waals surface area (Å²) in [4.78, 5) is 19.0. The SMILES string of the molecule is Brc1ccccc1.O=[N+]([O-])c1cccc([N+](=O)[O-])c1. The Morgan fingerprint density at radius 3 is 1.58 bits per heavy atom. The summed E-state index contributed by atoms with van der Waals surface area (Å²) in [5.41, 5.74) is -0.548. The molecule has 0 N–H and O–H groups in total. The van der Waals surface area contributed by atoms with E-state index in [0.29, 0.717) is 0 Å². The Morgan fingerprint density at radius 1 is 0.789 bits per heavy atom. The van der Waals surface area contributed by atoms with Crippen LogP contribution >= 0.6 is 15.9 Å². The number of hydrogen-bond donors (Lipinski definition) is 0. The van der Waals surface area contributed by atoms with Gasteiger partial charge in [-0.25, -0.2) is 0 Å². The standard InChI is InChI=1S/C6H5Br.C6H4N2O4/c7-6-4-2-1-3-5-6;9-7(10)5-2-1-3-6(4-5)8(11)12/h1-5H;1-4H. The first-order chi connectivity index (χ1) is 9.00. The van der Waals surface area contributed by atoms with Crippen molar-refractivity contribution in [2.45, 2.75) is 0 Å². The van der Waals surface area contributed by atoms with Crippen molar-refractivity contribution in [3.63, 3.8) is 0 Å². The average Bonchev–Trinajstić information content (AvgIpc) is 2.40. The van der Waals surface area contributed by atoms with Crippen LogP contribution < -0.4 is 0 Å². The summed E-state index contributed by atoms with van der Waals surface area (Å²) >= 11 is 3.31. The summed E-state index contributed by atoms with van der Waals surface area (Å²) in [6.45, 7) is 0. The lowest BCUT2D eigenvalue weighted by atomic mass is 10.3. The lowest BCUT2D eigenvalue weighted by Crippen LogP contribution is -1.91. The van der Waals surface area contributed by atoms with E-state index in [1.165, 1.54) is 18.2 Å². The van der Waals surface area contributed by atoms with E-state index in [0.717, 1.165) is 10.5 Å². The third kappa shape index (κ3) is 5.26. The second-order valence-electron chi connectivity index (χ2n) is 3.33. The third-order valence-electron chi connectivity index (χ3n) is 1.98. The molecule has 98 valence electrons. The van der Waals surface area contributed by atoms with E-state index >= 15 is 0 Å². The zero-order valence-corrected chi connectivity index (χ0v) is 11.2. The number of rotatable bonds is 2. The highest BCUT2D eigenvalue weighted by atomic mass is 79.9. The van der Waals surface area contributed by atoms with Gasteiger partial charge < -0.3 is 0 Å². The van der Waals surface area contributed by atoms with Crippen LogP contribution in [0.15, 0.2) is 59.1 Å². The predicted molar refractivity (Wildman–Crippen MR) is 73.9 cm³/mol. The van der Waals surface area contributed by atoms with Crippen molar-refractivity contribution in [1.82, 2.24) is 0 Å². The van der Waals surface area contributed by atoms with Crippen molar-refractivity contribution in [2.75, 3.05) is 0 Å². The molecule has 0 aliphatic carbocycles. The minimum absolute atomic E-state index is 0.274. The zero-order valence-electron chi connectivity index (χ0n) is 9.60. The monoisotopic (exact) mass is 324 g/mol. The molecule has 0 fully saturated rings. The highest BCUT2D eigenvalue weighted by Gasteiger charge is 2.11. The normalized spacial score (nSPS) is 9.11. The Labute approximate surface area is 117 Å². The van der Waals surface area contributed by atoms with E-state index in [-0.39, 0.29) is 11.4 Å². The van der Waals surface area contributed by atoms with Gasteiger partial charge in [0, 0.05) is 16.6 Å². The van der Waals surface area contributed by atoms with E-state index in [1.807, 2.05) is 30.3 Å². The molecule has 19 heavy (non-hydrogen) atoms. The molecule has 0 spiro atoms. The molecular weight excluding hydrogens is 316 g/mol. The van der Waals surface area contributed by atoms with Crippen LogP contribution in [0.5, 0.6) is 0 Å². The topological polar surface area (TPSA) is 86.3 Å². The van der Waals surface area contributed by atoms with Crippen LogP contribution in [-0.4, -0.2) is 9.85 Å². The maximum absolute atomic E-state index is 10.2. The Morgan fingerprint density at radius 2 is 1.26 bits per heavy atom. The van der Waals surface area contributed by atoms with Gasteiger partial charge in [0.2, 0.25) is 0 Å². The van der Waals surface area contributed by atoms with Crippen LogP contribution in [0.3, 0.4) is 0 Å². The molecule has 0 atom stereocenters. The van der Waals surface area contributed by atoms with Gasteiger partial charge >= 0.3 is 0 Å². The fourth-order valence-electron chi connectivity index (χ4n) is 1.13. The first kappa shape index (κ1) is 14.8. The number of nitro benzene ring substituents is 2. The van der Waals surface area contributed by atoms with Gasteiger partial charge in [0.1, 0.15) is 0 Å². The van der Waals surface area contributed by atoms with Crippen molar-refractivity contribution in [2.24, 2.45) is 0 Å². The molecule has 0 radical (unpaired) electrons. The van der Waals surface area contributed by atoms with Crippen LogP contribution in [-0.2, 0) is 0 Å². The molecule has 0 saturated carbocycles. The molecule has 0 aliphatic rings. The Kier molecular flexibility index (Phi) is 5.62. The quantitative estimate of drug-likeness (QED) is 0.618. The van der Waals surface area contributed by atoms with Crippen LogP contribution in [0, 0.1) is 20.2 Å². The number of non-ortho nitro benzene ring substituents is 2. The maximum Gasteiger partial charge on any atom is 0.276 e. The number of nitro groups is 2. The molecule has 0 aliphatic heterocycles. The van der Waals surface area contributed by atoms with Gasteiger partial charge in [-0.3, -0.25) is 20.2 Å². The molecule has 0 saturated heterocycles. The van der Waals surface area contributed by atoms with Crippen molar-refractivity contribution in [3.05, 3.63) is 79.3 Å². The Bertz CT molecular complexity index is 546. The minimum atomic E-state index is -0.674. The van der Waals surface area contributed by atoms with Gasteiger partial charge in [-0.15, -0.1) is 0 Å². The van der Waals surface area contributed by atoms with Crippen LogP contribution in [0.25, 0.3) is 0 Å². The molecule has 0 aromatic heterocycles. The Balaban J connectivity index is 0.000000218. The third-order valence-corrected chi connectivity index (χ3v) is 2.51. The highest BCUT2D eigenvalue weighted by Crippen LogP contribution is 2.18. The first-order valence-electron chi connectivity index (χ1n) is 5.10. The van der Waals surface area contributed by atoms with Crippen LogP contribution in [0.1, 0.15) is 0 Å². The molecule has 0 unspecified atom stereocenters. The highest BCUT2D eigenvalue weighted by molar-refractivity contribution is 9.10. The molecule has 2 aromatic rings. The van der Waals surface area contributed by atoms with Gasteiger partial charge in [-0.2, -0.15) is 0 Å². The average molecular weight is 325 g/mol. The summed E-state index contributed by atoms with van der Waals surface area (Å²) in [5, 5.41) is 20.3. The molecule has 2 rings (SSSR count). The van der Waals surface area contributed by atoms with E-state index in [4.69, 9.17) is 0 Å². The van der Waals surface area contributed by atoms with Gasteiger partial charge in [0.15, 0.2) is 0 Å². The molecule has 6 nitrogen and oxygen atoms in total. The smallest absolute Gasteiger partial charge is 0.258 e. The molecular formula is C12H9BrN2O4.